The van der Waals surface area contributed by atoms with Gasteiger partial charge in [0.15, 0.2) is 0 Å². The molecule has 1 N–H and O–H groups in total. The first-order valence-corrected chi connectivity index (χ1v) is 9.65. The zero-order chi connectivity index (χ0) is 20.8. The maximum atomic E-state index is 13.2. The first-order chi connectivity index (χ1) is 14.0. The Labute approximate surface area is 171 Å². The number of carbonyl (C=O) groups excluding carboxylic acids is 1. The Hall–Kier alpha value is -3.41. The van der Waals surface area contributed by atoms with Gasteiger partial charge < -0.3 is 10.1 Å². The fourth-order valence-corrected chi connectivity index (χ4v) is 3.21. The summed E-state index contributed by atoms with van der Waals surface area (Å²) in [6.07, 6.45) is 1.66. The van der Waals surface area contributed by atoms with E-state index in [1.54, 1.807) is 30.3 Å². The highest BCUT2D eigenvalue weighted by Crippen LogP contribution is 2.24. The Bertz CT molecular complexity index is 976. The molecule has 1 heterocycles. The second-order valence-corrected chi connectivity index (χ2v) is 6.70. The summed E-state index contributed by atoms with van der Waals surface area (Å²) in [4.78, 5) is 23.7. The van der Waals surface area contributed by atoms with Crippen molar-refractivity contribution in [3.63, 3.8) is 0 Å². The molecule has 0 aliphatic carbocycles. The van der Waals surface area contributed by atoms with Crippen LogP contribution in [-0.4, -0.2) is 29.5 Å². The van der Waals surface area contributed by atoms with Crippen LogP contribution in [-0.2, 0) is 0 Å². The molecule has 0 aliphatic heterocycles. The van der Waals surface area contributed by atoms with Crippen molar-refractivity contribution in [1.82, 2.24) is 9.97 Å². The normalized spacial score (nSPS) is 11.6. The van der Waals surface area contributed by atoms with Crippen molar-refractivity contribution in [2.24, 2.45) is 0 Å². The minimum Gasteiger partial charge on any atom is -0.496 e. The number of hydrogen-bond acceptors (Lipinski definition) is 5. The maximum absolute atomic E-state index is 13.2. The van der Waals surface area contributed by atoms with Crippen molar-refractivity contribution < 1.29 is 9.53 Å². The van der Waals surface area contributed by atoms with E-state index in [2.05, 4.69) is 27.4 Å². The van der Waals surface area contributed by atoms with Gasteiger partial charge in [0.2, 0.25) is 5.95 Å². The van der Waals surface area contributed by atoms with Crippen molar-refractivity contribution in [3.8, 4) is 5.75 Å². The number of ether oxygens (including phenoxy) is 1. The Morgan fingerprint density at radius 3 is 2.59 bits per heavy atom. The summed E-state index contributed by atoms with van der Waals surface area (Å²) in [7, 11) is 1.60. The number of aromatic nitrogens is 2. The summed E-state index contributed by atoms with van der Waals surface area (Å²) in [6.45, 7) is 6.34. The van der Waals surface area contributed by atoms with Crippen LogP contribution in [0.2, 0.25) is 0 Å². The SMILES string of the molecule is CCN(C(=O)c1cccc(OC)c1C)c1ccnc(N[C@@H](C)c2ccccc2)n1. The monoisotopic (exact) mass is 390 g/mol. The largest absolute Gasteiger partial charge is 0.496 e. The van der Waals surface area contributed by atoms with Crippen LogP contribution in [0.3, 0.4) is 0 Å². The van der Waals surface area contributed by atoms with E-state index in [0.717, 1.165) is 11.1 Å². The number of amides is 1. The van der Waals surface area contributed by atoms with E-state index >= 15 is 0 Å². The van der Waals surface area contributed by atoms with Gasteiger partial charge in [-0.2, -0.15) is 4.98 Å². The molecule has 0 fully saturated rings. The number of hydrogen-bond donors (Lipinski definition) is 1. The topological polar surface area (TPSA) is 67.4 Å². The average Bonchev–Trinajstić information content (AvgIpc) is 2.75. The van der Waals surface area contributed by atoms with Crippen LogP contribution in [0.4, 0.5) is 11.8 Å². The molecule has 0 radical (unpaired) electrons. The van der Waals surface area contributed by atoms with E-state index in [9.17, 15) is 4.79 Å². The van der Waals surface area contributed by atoms with Gasteiger partial charge in [0.1, 0.15) is 11.6 Å². The van der Waals surface area contributed by atoms with Crippen LogP contribution in [0.25, 0.3) is 0 Å². The van der Waals surface area contributed by atoms with Gasteiger partial charge in [0.25, 0.3) is 5.91 Å². The molecule has 3 aromatic rings. The van der Waals surface area contributed by atoms with E-state index in [4.69, 9.17) is 4.74 Å². The molecule has 1 atom stereocenters. The summed E-state index contributed by atoms with van der Waals surface area (Å²) in [5.41, 5.74) is 2.54. The van der Waals surface area contributed by atoms with Gasteiger partial charge in [-0.25, -0.2) is 4.98 Å². The van der Waals surface area contributed by atoms with Crippen LogP contribution in [0.15, 0.2) is 60.8 Å². The Morgan fingerprint density at radius 2 is 1.90 bits per heavy atom. The van der Waals surface area contributed by atoms with Crippen LogP contribution in [0, 0.1) is 6.92 Å². The summed E-state index contributed by atoms with van der Waals surface area (Å²) >= 11 is 0. The van der Waals surface area contributed by atoms with Gasteiger partial charge in [-0.05, 0) is 44.5 Å². The molecule has 0 aliphatic rings. The predicted molar refractivity (Wildman–Crippen MR) is 116 cm³/mol. The van der Waals surface area contributed by atoms with Gasteiger partial charge in [-0.3, -0.25) is 9.69 Å². The maximum Gasteiger partial charge on any atom is 0.259 e. The lowest BCUT2D eigenvalue weighted by atomic mass is 10.1. The zero-order valence-electron chi connectivity index (χ0n) is 17.2. The number of rotatable bonds is 7. The molecule has 0 saturated heterocycles. The Kier molecular flexibility index (Phi) is 6.44. The summed E-state index contributed by atoms with van der Waals surface area (Å²) in [5.74, 6) is 1.60. The molecular weight excluding hydrogens is 364 g/mol. The third-order valence-electron chi connectivity index (χ3n) is 4.86. The third kappa shape index (κ3) is 4.54. The summed E-state index contributed by atoms with van der Waals surface area (Å²) < 4.78 is 5.35. The molecule has 6 nitrogen and oxygen atoms in total. The molecule has 0 saturated carbocycles. The molecule has 6 heteroatoms. The highest BCUT2D eigenvalue weighted by molar-refractivity contribution is 6.06. The predicted octanol–water partition coefficient (Wildman–Crippen LogP) is 4.63. The van der Waals surface area contributed by atoms with E-state index < -0.39 is 0 Å². The molecule has 0 unspecified atom stereocenters. The van der Waals surface area contributed by atoms with Crippen LogP contribution in [0.1, 0.15) is 41.4 Å². The minimum atomic E-state index is -0.121. The highest BCUT2D eigenvalue weighted by atomic mass is 16.5. The van der Waals surface area contributed by atoms with E-state index in [0.29, 0.717) is 29.6 Å². The molecule has 1 amide bonds. The fraction of sp³-hybridized carbons (Fsp3) is 0.261. The van der Waals surface area contributed by atoms with Crippen LogP contribution in [0.5, 0.6) is 5.75 Å². The van der Waals surface area contributed by atoms with Gasteiger partial charge >= 0.3 is 0 Å². The summed E-state index contributed by atoms with van der Waals surface area (Å²) in [5, 5.41) is 3.31. The van der Waals surface area contributed by atoms with Gasteiger partial charge in [-0.1, -0.05) is 36.4 Å². The van der Waals surface area contributed by atoms with Gasteiger partial charge in [-0.15, -0.1) is 0 Å². The molecule has 29 heavy (non-hydrogen) atoms. The number of carbonyl (C=O) groups is 1. The van der Waals surface area contributed by atoms with Crippen LogP contribution >= 0.6 is 0 Å². The van der Waals surface area contributed by atoms with Crippen molar-refractivity contribution in [2.75, 3.05) is 23.9 Å². The number of nitrogens with zero attached hydrogens (tertiary/aromatic N) is 3. The zero-order valence-corrected chi connectivity index (χ0v) is 17.2. The third-order valence-corrected chi connectivity index (χ3v) is 4.86. The van der Waals surface area contributed by atoms with Gasteiger partial charge in [0.05, 0.1) is 13.2 Å². The molecule has 1 aromatic heterocycles. The first-order valence-electron chi connectivity index (χ1n) is 9.65. The van der Waals surface area contributed by atoms with E-state index in [1.807, 2.05) is 51.1 Å². The Morgan fingerprint density at radius 1 is 1.14 bits per heavy atom. The van der Waals surface area contributed by atoms with Gasteiger partial charge in [0, 0.05) is 23.9 Å². The molecular formula is C23H26N4O2. The molecule has 3 rings (SSSR count). The lowest BCUT2D eigenvalue weighted by Gasteiger charge is -2.22. The molecule has 150 valence electrons. The molecule has 0 bridgehead atoms. The lowest BCUT2D eigenvalue weighted by Crippen LogP contribution is -2.32. The molecule has 0 spiro atoms. The van der Waals surface area contributed by atoms with Crippen molar-refractivity contribution >= 4 is 17.7 Å². The average molecular weight is 390 g/mol. The minimum absolute atomic E-state index is 0.0397. The smallest absolute Gasteiger partial charge is 0.259 e. The van der Waals surface area contributed by atoms with Crippen molar-refractivity contribution in [2.45, 2.75) is 26.8 Å². The number of nitrogens with one attached hydrogen (secondary N) is 1. The lowest BCUT2D eigenvalue weighted by molar-refractivity contribution is 0.0986. The first kappa shape index (κ1) is 20.3. The summed E-state index contributed by atoms with van der Waals surface area (Å²) in [6, 6.07) is 17.3. The number of benzene rings is 2. The fourth-order valence-electron chi connectivity index (χ4n) is 3.21. The van der Waals surface area contributed by atoms with E-state index in [1.165, 1.54) is 0 Å². The standard InChI is InChI=1S/C23H26N4O2/c1-5-27(22(28)19-12-9-13-20(29-4)16(19)2)21-14-15-24-23(26-21)25-17(3)18-10-7-6-8-11-18/h6-15,17H,5H2,1-4H3,(H,24,25,26)/t17-/m0/s1. The van der Waals surface area contributed by atoms with E-state index in [-0.39, 0.29) is 11.9 Å². The van der Waals surface area contributed by atoms with Crippen molar-refractivity contribution in [3.05, 3.63) is 77.5 Å². The Balaban J connectivity index is 1.85. The quantitative estimate of drug-likeness (QED) is 0.637. The van der Waals surface area contributed by atoms with Crippen molar-refractivity contribution in [1.29, 1.82) is 0 Å². The number of methoxy groups -OCH3 is 1. The highest BCUT2D eigenvalue weighted by Gasteiger charge is 2.21. The number of anilines is 2. The van der Waals surface area contributed by atoms with Crippen LogP contribution < -0.4 is 15.0 Å². The second-order valence-electron chi connectivity index (χ2n) is 6.70. The molecule has 2 aromatic carbocycles. The second kappa shape index (κ2) is 9.19.